The van der Waals surface area contributed by atoms with Gasteiger partial charge < -0.3 is 5.11 Å². The van der Waals surface area contributed by atoms with Gasteiger partial charge >= 0.3 is 6.09 Å². The second-order valence-corrected chi connectivity index (χ2v) is 5.77. The van der Waals surface area contributed by atoms with Crippen molar-refractivity contribution in [3.05, 3.63) is 14.7 Å². The van der Waals surface area contributed by atoms with E-state index >= 15 is 0 Å². The number of hydrogen-bond donors (Lipinski definition) is 1. The third kappa shape index (κ3) is 1.79. The Kier molecular flexibility index (Phi) is 2.78. The summed E-state index contributed by atoms with van der Waals surface area (Å²) in [5, 5.41) is 9.03. The van der Waals surface area contributed by atoms with Crippen LogP contribution < -0.4 is 4.90 Å². The first-order chi connectivity index (χ1) is 6.68. The number of halogens is 1. The Bertz CT molecular complexity index is 364. The Morgan fingerprint density at radius 2 is 2.36 bits per heavy atom. The number of carbonyl (C=O) groups is 1. The summed E-state index contributed by atoms with van der Waals surface area (Å²) < 4.78 is 1.01. The van der Waals surface area contributed by atoms with Crippen LogP contribution in [0, 0.1) is 0 Å². The lowest BCUT2D eigenvalue weighted by Gasteiger charge is -2.16. The molecule has 1 amide bonds. The topological polar surface area (TPSA) is 40.5 Å². The molecule has 14 heavy (non-hydrogen) atoms. The predicted molar refractivity (Wildman–Crippen MR) is 60.3 cm³/mol. The average Bonchev–Trinajstić information content (AvgIpc) is 2.35. The van der Waals surface area contributed by atoms with Gasteiger partial charge in [0.25, 0.3) is 0 Å². The van der Waals surface area contributed by atoms with Crippen LogP contribution in [0.25, 0.3) is 0 Å². The first-order valence-electron chi connectivity index (χ1n) is 4.47. The lowest BCUT2D eigenvalue weighted by Crippen LogP contribution is -2.29. The van der Waals surface area contributed by atoms with Crippen LogP contribution in [-0.2, 0) is 6.42 Å². The Morgan fingerprint density at radius 1 is 1.57 bits per heavy atom. The molecule has 0 aromatic carbocycles. The van der Waals surface area contributed by atoms with Gasteiger partial charge in [0, 0.05) is 11.4 Å². The maximum atomic E-state index is 11.0. The third-order valence-electron chi connectivity index (χ3n) is 2.31. The van der Waals surface area contributed by atoms with Gasteiger partial charge in [-0.05, 0) is 41.3 Å². The van der Waals surface area contributed by atoms with Crippen LogP contribution >= 0.6 is 27.3 Å². The molecule has 0 saturated carbocycles. The zero-order valence-corrected chi connectivity index (χ0v) is 9.90. The van der Waals surface area contributed by atoms with Crippen molar-refractivity contribution in [3.8, 4) is 0 Å². The van der Waals surface area contributed by atoms with Gasteiger partial charge in [-0.3, -0.25) is 4.90 Å². The second-order valence-electron chi connectivity index (χ2n) is 3.25. The monoisotopic (exact) mass is 275 g/mol. The standard InChI is InChI=1S/C9H10BrNO2S/c10-8-5-6-7(14-8)3-1-2-4-11(6)9(12)13/h5H,1-4H2,(H,12,13). The molecule has 0 fully saturated rings. The van der Waals surface area contributed by atoms with Crippen molar-refractivity contribution in [1.82, 2.24) is 0 Å². The fourth-order valence-corrected chi connectivity index (χ4v) is 3.40. The summed E-state index contributed by atoms with van der Waals surface area (Å²) in [5.74, 6) is 0. The molecule has 1 N–H and O–H groups in total. The maximum absolute atomic E-state index is 11.0. The van der Waals surface area contributed by atoms with E-state index < -0.39 is 6.09 Å². The van der Waals surface area contributed by atoms with Crippen LogP contribution in [0.15, 0.2) is 9.85 Å². The maximum Gasteiger partial charge on any atom is 0.411 e. The van der Waals surface area contributed by atoms with E-state index in [0.29, 0.717) is 6.54 Å². The Labute approximate surface area is 94.5 Å². The van der Waals surface area contributed by atoms with Gasteiger partial charge in [-0.25, -0.2) is 4.79 Å². The van der Waals surface area contributed by atoms with Crippen molar-refractivity contribution in [3.63, 3.8) is 0 Å². The lowest BCUT2D eigenvalue weighted by atomic mass is 10.2. The molecule has 2 heterocycles. The number of nitrogens with zero attached hydrogens (tertiary/aromatic N) is 1. The number of thiophene rings is 1. The minimum Gasteiger partial charge on any atom is -0.465 e. The minimum absolute atomic E-state index is 0.617. The quantitative estimate of drug-likeness (QED) is 0.789. The number of hydrogen-bond acceptors (Lipinski definition) is 2. The summed E-state index contributed by atoms with van der Waals surface area (Å²) in [6.45, 7) is 0.617. The first kappa shape index (κ1) is 9.98. The first-order valence-corrected chi connectivity index (χ1v) is 6.08. The molecule has 0 bridgehead atoms. The molecule has 1 aromatic rings. The number of anilines is 1. The van der Waals surface area contributed by atoms with E-state index in [1.165, 1.54) is 9.78 Å². The highest BCUT2D eigenvalue weighted by Crippen LogP contribution is 2.36. The van der Waals surface area contributed by atoms with E-state index in [0.717, 1.165) is 28.7 Å². The zero-order valence-electron chi connectivity index (χ0n) is 7.49. The summed E-state index contributed by atoms with van der Waals surface area (Å²) in [5.41, 5.74) is 0.867. The fourth-order valence-electron chi connectivity index (χ4n) is 1.67. The van der Waals surface area contributed by atoms with Gasteiger partial charge in [-0.2, -0.15) is 0 Å². The van der Waals surface area contributed by atoms with Crippen molar-refractivity contribution >= 4 is 39.0 Å². The van der Waals surface area contributed by atoms with Crippen molar-refractivity contribution < 1.29 is 9.90 Å². The highest BCUT2D eigenvalue weighted by Gasteiger charge is 2.22. The van der Waals surface area contributed by atoms with Crippen LogP contribution in [0.2, 0.25) is 0 Å². The molecule has 2 rings (SSSR count). The van der Waals surface area contributed by atoms with Crippen molar-refractivity contribution in [2.75, 3.05) is 11.4 Å². The van der Waals surface area contributed by atoms with E-state index in [1.807, 2.05) is 6.07 Å². The Balaban J connectivity index is 2.40. The van der Waals surface area contributed by atoms with E-state index in [4.69, 9.17) is 5.11 Å². The van der Waals surface area contributed by atoms with Gasteiger partial charge in [-0.15, -0.1) is 11.3 Å². The molecule has 1 aliphatic heterocycles. The van der Waals surface area contributed by atoms with Crippen LogP contribution in [-0.4, -0.2) is 17.7 Å². The molecular weight excluding hydrogens is 266 g/mol. The average molecular weight is 276 g/mol. The zero-order chi connectivity index (χ0) is 10.1. The fraction of sp³-hybridized carbons (Fsp3) is 0.444. The van der Waals surface area contributed by atoms with Gasteiger partial charge in [0.15, 0.2) is 0 Å². The Morgan fingerprint density at radius 3 is 3.07 bits per heavy atom. The van der Waals surface area contributed by atoms with E-state index in [9.17, 15) is 4.79 Å². The molecule has 3 nitrogen and oxygen atoms in total. The van der Waals surface area contributed by atoms with Gasteiger partial charge in [0.05, 0.1) is 9.47 Å². The smallest absolute Gasteiger partial charge is 0.411 e. The Hall–Kier alpha value is -0.550. The molecule has 0 aliphatic carbocycles. The van der Waals surface area contributed by atoms with Gasteiger partial charge in [-0.1, -0.05) is 0 Å². The number of amides is 1. The van der Waals surface area contributed by atoms with Crippen LogP contribution in [0.3, 0.4) is 0 Å². The van der Waals surface area contributed by atoms with Crippen LogP contribution in [0.1, 0.15) is 17.7 Å². The molecule has 76 valence electrons. The molecule has 1 aliphatic rings. The molecule has 5 heteroatoms. The van der Waals surface area contributed by atoms with Gasteiger partial charge in [0.2, 0.25) is 0 Å². The molecule has 0 unspecified atom stereocenters. The number of carboxylic acid groups (broad SMARTS) is 1. The summed E-state index contributed by atoms with van der Waals surface area (Å²) in [6.07, 6.45) is 2.17. The summed E-state index contributed by atoms with van der Waals surface area (Å²) in [4.78, 5) is 13.6. The molecular formula is C9H10BrNO2S. The van der Waals surface area contributed by atoms with Crippen LogP contribution in [0.5, 0.6) is 0 Å². The van der Waals surface area contributed by atoms with Gasteiger partial charge in [0.1, 0.15) is 0 Å². The lowest BCUT2D eigenvalue weighted by molar-refractivity contribution is 0.202. The van der Waals surface area contributed by atoms with Crippen molar-refractivity contribution in [1.29, 1.82) is 0 Å². The molecule has 0 radical (unpaired) electrons. The van der Waals surface area contributed by atoms with Crippen LogP contribution in [0.4, 0.5) is 10.5 Å². The number of rotatable bonds is 0. The SMILES string of the molecule is O=C(O)N1CCCCc2sc(Br)cc21. The highest BCUT2D eigenvalue weighted by molar-refractivity contribution is 9.11. The van der Waals surface area contributed by atoms with Crippen molar-refractivity contribution in [2.24, 2.45) is 0 Å². The number of fused-ring (bicyclic) bond motifs is 1. The molecule has 0 spiro atoms. The summed E-state index contributed by atoms with van der Waals surface area (Å²) in [6, 6.07) is 1.90. The predicted octanol–water partition coefficient (Wildman–Crippen LogP) is 3.33. The molecule has 1 aromatic heterocycles. The normalized spacial score (nSPS) is 16.2. The van der Waals surface area contributed by atoms with E-state index in [1.54, 1.807) is 11.3 Å². The van der Waals surface area contributed by atoms with Crippen molar-refractivity contribution in [2.45, 2.75) is 19.3 Å². The summed E-state index contributed by atoms with van der Waals surface area (Å²) in [7, 11) is 0. The molecule has 0 atom stereocenters. The molecule has 0 saturated heterocycles. The largest absolute Gasteiger partial charge is 0.465 e. The van der Waals surface area contributed by atoms with E-state index in [-0.39, 0.29) is 0 Å². The highest BCUT2D eigenvalue weighted by atomic mass is 79.9. The minimum atomic E-state index is -0.849. The summed E-state index contributed by atoms with van der Waals surface area (Å²) >= 11 is 5.03. The second kappa shape index (κ2) is 3.90. The number of aryl methyl sites for hydroxylation is 1. The van der Waals surface area contributed by atoms with E-state index in [2.05, 4.69) is 15.9 Å². The third-order valence-corrected chi connectivity index (χ3v) is 4.00.